The van der Waals surface area contributed by atoms with Gasteiger partial charge in [0.1, 0.15) is 22.3 Å². The van der Waals surface area contributed by atoms with E-state index in [9.17, 15) is 0 Å². The van der Waals surface area contributed by atoms with E-state index < -0.39 is 0 Å². The number of pyridine rings is 4. The summed E-state index contributed by atoms with van der Waals surface area (Å²) < 4.78 is 27.5. The van der Waals surface area contributed by atoms with Crippen molar-refractivity contribution in [1.29, 1.82) is 0 Å². The van der Waals surface area contributed by atoms with E-state index in [0.717, 1.165) is 38.5 Å². The number of hydrogen-bond acceptors (Lipinski definition) is 4. The van der Waals surface area contributed by atoms with Gasteiger partial charge in [-0.3, -0.25) is 0 Å². The average Bonchev–Trinajstić information content (AvgIpc) is 1.55. The molecule has 0 fully saturated rings. The van der Waals surface area contributed by atoms with E-state index in [0.29, 0.717) is 0 Å². The summed E-state index contributed by atoms with van der Waals surface area (Å²) in [6.45, 7) is 0. The van der Waals surface area contributed by atoms with Gasteiger partial charge in [0.25, 0.3) is 0 Å². The molecule has 8 heteroatoms. The highest BCUT2D eigenvalue weighted by atomic mass is 32.1. The van der Waals surface area contributed by atoms with Gasteiger partial charge in [0.05, 0.1) is 44.1 Å². The Morgan fingerprint density at radius 3 is 0.812 bits per heavy atom. The molecule has 0 saturated carbocycles. The molecule has 0 bridgehead atoms. The first-order chi connectivity index (χ1) is 63.5. The second-order valence-corrected chi connectivity index (χ2v) is 36.6. The molecule has 0 unspecified atom stereocenters. The Kier molecular flexibility index (Phi) is 14.6. The van der Waals surface area contributed by atoms with Gasteiger partial charge in [0, 0.05) is 179 Å². The zero-order valence-corrected chi connectivity index (χ0v) is 70.3. The number of furan rings is 2. The highest BCUT2D eigenvalue weighted by Gasteiger charge is 2.24. The molecule has 592 valence electrons. The molecule has 128 heavy (non-hydrogen) atoms. The number of thiophene rings is 2. The van der Waals surface area contributed by atoms with E-state index in [1.54, 1.807) is 0 Å². The predicted octanol–water partition coefficient (Wildman–Crippen LogP) is 34.7. The van der Waals surface area contributed by atoms with Crippen LogP contribution in [0.4, 0.5) is 0 Å². The van der Waals surface area contributed by atoms with Crippen LogP contribution in [0.25, 0.3) is 279 Å². The van der Waals surface area contributed by atoms with Gasteiger partial charge in [-0.2, -0.15) is 0 Å². The van der Waals surface area contributed by atoms with E-state index in [-0.39, 0.29) is 0 Å². The van der Waals surface area contributed by atoms with Gasteiger partial charge in [-0.05, 0) is 131 Å². The van der Waals surface area contributed by atoms with E-state index in [4.69, 9.17) is 8.83 Å². The van der Waals surface area contributed by atoms with Crippen LogP contribution in [0.3, 0.4) is 0 Å². The number of benzene rings is 20. The number of fused-ring (bicyclic) bond motifs is 52. The van der Waals surface area contributed by atoms with Crippen molar-refractivity contribution in [2.75, 3.05) is 0 Å². The first-order valence-corrected chi connectivity index (χ1v) is 45.4. The number of nitrogens with zero attached hydrogens (tertiary/aromatic N) is 4. The molecule has 0 saturated heterocycles. The van der Waals surface area contributed by atoms with Gasteiger partial charge < -0.3 is 26.4 Å². The molecule has 0 spiro atoms. The Morgan fingerprint density at radius 1 is 0.148 bits per heavy atom. The lowest BCUT2D eigenvalue weighted by molar-refractivity contribution is 0.669. The van der Waals surface area contributed by atoms with Crippen LogP contribution in [0, 0.1) is 0 Å². The molecule has 0 amide bonds. The maximum Gasteiger partial charge on any atom is 0.137 e. The summed E-state index contributed by atoms with van der Waals surface area (Å²) >= 11 is 3.78. The lowest BCUT2D eigenvalue weighted by Crippen LogP contribution is -1.91. The molecule has 20 aromatic carbocycles. The van der Waals surface area contributed by atoms with Crippen molar-refractivity contribution in [2.45, 2.75) is 0 Å². The van der Waals surface area contributed by atoms with Crippen molar-refractivity contribution in [3.63, 3.8) is 0 Å². The largest absolute Gasteiger partial charge is 0.456 e. The van der Waals surface area contributed by atoms with Gasteiger partial charge in [-0.15, -0.1) is 22.7 Å². The molecule has 12 aromatic heterocycles. The number of aromatic nitrogens is 4. The van der Waals surface area contributed by atoms with Crippen LogP contribution in [0.15, 0.2) is 422 Å². The monoisotopic (exact) mass is 1660 g/mol. The van der Waals surface area contributed by atoms with Crippen molar-refractivity contribution >= 4 is 302 Å². The topological polar surface area (TPSA) is 43.9 Å². The smallest absolute Gasteiger partial charge is 0.137 e. The van der Waals surface area contributed by atoms with Crippen molar-refractivity contribution in [1.82, 2.24) is 17.6 Å². The molecular weight excluding hydrogens is 1590 g/mol. The Balaban J connectivity index is 0.0000000845. The van der Waals surface area contributed by atoms with Crippen LogP contribution in [0.1, 0.15) is 0 Å². The highest BCUT2D eigenvalue weighted by Crippen LogP contribution is 2.49. The van der Waals surface area contributed by atoms with Crippen molar-refractivity contribution in [2.24, 2.45) is 0 Å². The maximum atomic E-state index is 6.26. The van der Waals surface area contributed by atoms with Gasteiger partial charge in [-0.1, -0.05) is 315 Å². The van der Waals surface area contributed by atoms with Crippen LogP contribution >= 0.6 is 22.7 Å². The number of para-hydroxylation sites is 2. The van der Waals surface area contributed by atoms with Crippen molar-refractivity contribution in [3.8, 4) is 0 Å². The quantitative estimate of drug-likeness (QED) is 0.142. The number of rotatable bonds is 0. The minimum Gasteiger partial charge on any atom is -0.456 e. The van der Waals surface area contributed by atoms with Gasteiger partial charge in [0.2, 0.25) is 0 Å². The molecule has 0 N–H and O–H groups in total. The summed E-state index contributed by atoms with van der Waals surface area (Å²) in [4.78, 5) is 0. The van der Waals surface area contributed by atoms with E-state index in [1.807, 2.05) is 46.9 Å². The van der Waals surface area contributed by atoms with Crippen molar-refractivity contribution < 1.29 is 8.83 Å². The summed E-state index contributed by atoms with van der Waals surface area (Å²) in [5.41, 5.74) is 13.8. The predicted molar refractivity (Wildman–Crippen MR) is 550 cm³/mol. The van der Waals surface area contributed by atoms with Gasteiger partial charge in [-0.25, -0.2) is 0 Å². The Bertz CT molecular complexity index is 9940. The van der Waals surface area contributed by atoms with Crippen LogP contribution in [-0.2, 0) is 0 Å². The third-order valence-corrected chi connectivity index (χ3v) is 30.0. The molecule has 0 radical (unpaired) electrons. The fourth-order valence-corrected chi connectivity index (χ4v) is 24.4. The lowest BCUT2D eigenvalue weighted by Gasteiger charge is -2.12. The summed E-state index contributed by atoms with van der Waals surface area (Å²) in [7, 11) is 0. The van der Waals surface area contributed by atoms with E-state index in [2.05, 4.69) is 406 Å². The molecule has 32 rings (SSSR count). The van der Waals surface area contributed by atoms with Crippen LogP contribution in [0.5, 0.6) is 0 Å². The van der Waals surface area contributed by atoms with E-state index in [1.165, 1.54) is 241 Å². The summed E-state index contributed by atoms with van der Waals surface area (Å²) in [6, 6.07) is 141. The standard InChI is InChI=1S/2C30H17NO.2C30H17NS/c1-3-9-20-18(7-1)13-14-23-24-16-28-25(22-11-5-6-12-27(22)32-28)15-26(24)31-17-19-8-2-4-10-21(19)30(31)29(20)23;1-3-9-20-18(7-1)13-14-23-24-15-25-22-11-5-6-12-27(22)32-28(25)16-26(24)31-17-19-8-2-4-10-21(19)30(31)29(20)23;1-3-9-20-18(7-1)13-14-23-24-16-28-25(22-11-5-6-12-27(22)32-28)15-26(24)31-17-19-8-2-4-10-21(19)30(31)29(20)23;1-3-9-20-18(7-1)13-14-23-24-15-25-22-11-5-6-12-27(22)32-28(25)16-26(24)31-17-19-8-2-4-10-21(19)30(31)29(20)23/h4*1-17H. The zero-order chi connectivity index (χ0) is 83.2. The van der Waals surface area contributed by atoms with Crippen molar-refractivity contribution in [3.05, 3.63) is 413 Å². The summed E-state index contributed by atoms with van der Waals surface area (Å²) in [5.74, 6) is 0. The minimum absolute atomic E-state index is 0.929. The highest BCUT2D eigenvalue weighted by molar-refractivity contribution is 7.26. The summed E-state index contributed by atoms with van der Waals surface area (Å²) in [6.07, 6.45) is 9.17. The Hall–Kier alpha value is -16.4. The van der Waals surface area contributed by atoms with Crippen LogP contribution < -0.4 is 0 Å². The molecule has 0 aliphatic carbocycles. The maximum absolute atomic E-state index is 6.26. The molecule has 32 aromatic rings. The minimum atomic E-state index is 0.929. The number of hydrogen-bond donors (Lipinski definition) is 0. The van der Waals surface area contributed by atoms with E-state index >= 15 is 0 Å². The summed E-state index contributed by atoms with van der Waals surface area (Å²) in [5, 5.41) is 46.2. The SMILES string of the molecule is c1ccc2c(c1)ccc1c3cc4c(cc3n3cc5ccccc5c3c21)oc1ccccc14.c1ccc2c(c1)ccc1c3cc4c(cc3n3cc5ccccc5c3c21)sc1ccccc14.c1ccc2c(c1)ccc1c3cc4oc5ccccc5c4cc3n3cc4ccccc4c3c21.c1ccc2c(c1)ccc1c3cc4sc5ccccc5c4cc3n3cc4ccccc4c3c21. The van der Waals surface area contributed by atoms with Gasteiger partial charge in [0.15, 0.2) is 0 Å². The third kappa shape index (κ3) is 10.0. The second-order valence-electron chi connectivity index (χ2n) is 34.4. The Morgan fingerprint density at radius 2 is 0.414 bits per heavy atom. The molecule has 0 aliphatic rings. The zero-order valence-electron chi connectivity index (χ0n) is 68.7. The Labute approximate surface area is 735 Å². The van der Waals surface area contributed by atoms with Crippen LogP contribution in [-0.4, -0.2) is 17.6 Å². The normalized spacial score (nSPS) is 12.4. The molecule has 6 nitrogen and oxygen atoms in total. The van der Waals surface area contributed by atoms with Crippen LogP contribution in [0.2, 0.25) is 0 Å². The molecule has 0 atom stereocenters. The molecule has 0 aliphatic heterocycles. The first kappa shape index (κ1) is 70.1. The third-order valence-electron chi connectivity index (χ3n) is 27.7. The molecule has 12 heterocycles. The molecular formula is C120H68N4O2S2. The fraction of sp³-hybridized carbons (Fsp3) is 0. The first-order valence-electron chi connectivity index (χ1n) is 43.8. The lowest BCUT2D eigenvalue weighted by atomic mass is 9.97. The van der Waals surface area contributed by atoms with Gasteiger partial charge >= 0.3 is 0 Å². The average molecular weight is 1660 g/mol. The second kappa shape index (κ2) is 26.6. The fourth-order valence-electron chi connectivity index (χ4n) is 22.1.